The maximum atomic E-state index is 12.6. The van der Waals surface area contributed by atoms with Gasteiger partial charge in [0.15, 0.2) is 5.96 Å². The van der Waals surface area contributed by atoms with E-state index in [4.69, 9.17) is 11.5 Å². The predicted molar refractivity (Wildman–Crippen MR) is 121 cm³/mol. The zero-order valence-corrected chi connectivity index (χ0v) is 17.7. The van der Waals surface area contributed by atoms with Crippen LogP contribution in [-0.2, 0) is 6.54 Å². The van der Waals surface area contributed by atoms with Crippen molar-refractivity contribution in [2.24, 2.45) is 16.5 Å². The molecule has 0 unspecified atom stereocenters. The first-order valence-electron chi connectivity index (χ1n) is 9.42. The van der Waals surface area contributed by atoms with Gasteiger partial charge in [-0.1, -0.05) is 18.2 Å². The number of hydrogen-bond donors (Lipinski definition) is 3. The Bertz CT molecular complexity index is 856. The number of rotatable bonds is 5. The molecular weight excluding hydrogens is 388 g/mol. The van der Waals surface area contributed by atoms with E-state index in [0.29, 0.717) is 16.9 Å². The summed E-state index contributed by atoms with van der Waals surface area (Å²) in [4.78, 5) is 21.4. The summed E-state index contributed by atoms with van der Waals surface area (Å²) >= 11 is 0. The van der Waals surface area contributed by atoms with Crippen LogP contribution in [-0.4, -0.2) is 54.9 Å². The van der Waals surface area contributed by atoms with Crippen molar-refractivity contribution >= 4 is 35.6 Å². The fourth-order valence-electron chi connectivity index (χ4n) is 3.18. The highest BCUT2D eigenvalue weighted by Crippen LogP contribution is 2.23. The molecule has 156 valence electrons. The largest absolute Gasteiger partial charge is 0.370 e. The third kappa shape index (κ3) is 6.45. The highest BCUT2D eigenvalue weighted by molar-refractivity contribution is 6.04. The van der Waals surface area contributed by atoms with E-state index in [-0.39, 0.29) is 24.3 Å². The van der Waals surface area contributed by atoms with Crippen LogP contribution in [0.25, 0.3) is 0 Å². The van der Waals surface area contributed by atoms with Gasteiger partial charge in [0.25, 0.3) is 5.91 Å². The molecule has 0 aromatic heterocycles. The van der Waals surface area contributed by atoms with E-state index in [1.165, 1.54) is 5.56 Å². The lowest BCUT2D eigenvalue weighted by Crippen LogP contribution is -2.43. The lowest BCUT2D eigenvalue weighted by atomic mass is 10.1. The topological polar surface area (TPSA) is 100.0 Å². The Labute approximate surface area is 178 Å². The summed E-state index contributed by atoms with van der Waals surface area (Å²) in [6.07, 6.45) is 0. The molecule has 0 bridgehead atoms. The third-order valence-electron chi connectivity index (χ3n) is 4.93. The van der Waals surface area contributed by atoms with Crippen molar-refractivity contribution in [2.45, 2.75) is 13.5 Å². The van der Waals surface area contributed by atoms with E-state index in [2.05, 4.69) is 27.2 Å². The van der Waals surface area contributed by atoms with Gasteiger partial charge in [0.05, 0.1) is 5.69 Å². The number of halogens is 1. The van der Waals surface area contributed by atoms with Crippen molar-refractivity contribution in [3.05, 3.63) is 59.2 Å². The van der Waals surface area contributed by atoms with Gasteiger partial charge in [0, 0.05) is 44.0 Å². The van der Waals surface area contributed by atoms with Gasteiger partial charge in [-0.05, 0) is 49.4 Å². The van der Waals surface area contributed by atoms with Gasteiger partial charge in [-0.15, -0.1) is 12.4 Å². The molecule has 1 aliphatic heterocycles. The minimum atomic E-state index is -0.161. The molecule has 1 amide bonds. The number of guanidine groups is 1. The van der Waals surface area contributed by atoms with Crippen LogP contribution >= 0.6 is 12.4 Å². The van der Waals surface area contributed by atoms with Crippen LogP contribution in [0, 0.1) is 6.92 Å². The number of benzene rings is 2. The molecule has 7 nitrogen and oxygen atoms in total. The fourth-order valence-corrected chi connectivity index (χ4v) is 3.18. The highest BCUT2D eigenvalue weighted by Gasteiger charge is 2.14. The Morgan fingerprint density at radius 2 is 1.72 bits per heavy atom. The number of carbonyl (C=O) groups is 1. The van der Waals surface area contributed by atoms with Gasteiger partial charge in [0.1, 0.15) is 0 Å². The minimum Gasteiger partial charge on any atom is -0.370 e. The number of nitrogens with one attached hydrogen (secondary N) is 1. The summed E-state index contributed by atoms with van der Waals surface area (Å²) in [7, 11) is 2.15. The molecule has 1 aliphatic rings. The van der Waals surface area contributed by atoms with Gasteiger partial charge in [-0.2, -0.15) is 0 Å². The van der Waals surface area contributed by atoms with Crippen LogP contribution in [0.5, 0.6) is 0 Å². The quantitative estimate of drug-likeness (QED) is 0.513. The van der Waals surface area contributed by atoms with Gasteiger partial charge in [-0.25, -0.2) is 4.99 Å². The monoisotopic (exact) mass is 416 g/mol. The molecule has 8 heteroatoms. The van der Waals surface area contributed by atoms with Crippen LogP contribution in [0.2, 0.25) is 0 Å². The molecule has 1 fully saturated rings. The number of nitrogens with two attached hydrogens (primary N) is 2. The summed E-state index contributed by atoms with van der Waals surface area (Å²) in [5.41, 5.74) is 15.0. The molecule has 0 aliphatic carbocycles. The molecule has 2 aromatic rings. The zero-order valence-electron chi connectivity index (χ0n) is 16.9. The van der Waals surface area contributed by atoms with Crippen molar-refractivity contribution < 1.29 is 4.79 Å². The van der Waals surface area contributed by atoms with Crippen molar-refractivity contribution in [1.82, 2.24) is 9.80 Å². The maximum absolute atomic E-state index is 12.6. The van der Waals surface area contributed by atoms with E-state index in [9.17, 15) is 4.79 Å². The molecule has 1 saturated heterocycles. The molecule has 2 aromatic carbocycles. The second kappa shape index (κ2) is 10.2. The SMILES string of the molecule is Cc1ccc(NC(=O)c2ccc(CN3CCN(C)CC3)cc2)cc1N=C(N)N.Cl. The fraction of sp³-hybridized carbons (Fsp3) is 0.333. The third-order valence-corrected chi connectivity index (χ3v) is 4.93. The Hall–Kier alpha value is -2.61. The Balaban J connectivity index is 0.00000300. The van der Waals surface area contributed by atoms with E-state index >= 15 is 0 Å². The van der Waals surface area contributed by atoms with Gasteiger partial charge >= 0.3 is 0 Å². The normalized spacial score (nSPS) is 14.7. The summed E-state index contributed by atoms with van der Waals surface area (Å²) in [5.74, 6) is -0.173. The molecule has 29 heavy (non-hydrogen) atoms. The number of piperazine rings is 1. The first-order chi connectivity index (χ1) is 13.4. The van der Waals surface area contributed by atoms with Crippen molar-refractivity contribution in [1.29, 1.82) is 0 Å². The van der Waals surface area contributed by atoms with E-state index in [1.807, 2.05) is 43.3 Å². The Morgan fingerprint density at radius 3 is 2.34 bits per heavy atom. The van der Waals surface area contributed by atoms with Crippen molar-refractivity contribution in [3.8, 4) is 0 Å². The summed E-state index contributed by atoms with van der Waals surface area (Å²) in [5, 5.41) is 2.90. The van der Waals surface area contributed by atoms with Crippen LogP contribution in [0.15, 0.2) is 47.5 Å². The standard InChI is InChI=1S/C21H28N6O.ClH/c1-15-3-8-18(13-19(15)25-21(22)23)24-20(28)17-6-4-16(5-7-17)14-27-11-9-26(2)10-12-27;/h3-8,13H,9-12,14H2,1-2H3,(H,24,28)(H4,22,23,25);1H. The molecule has 0 spiro atoms. The van der Waals surface area contributed by atoms with Gasteiger partial charge in [-0.3, -0.25) is 9.69 Å². The number of likely N-dealkylation sites (N-methyl/N-ethyl adjacent to an activating group) is 1. The molecule has 1 heterocycles. The second-order valence-electron chi connectivity index (χ2n) is 7.27. The second-order valence-corrected chi connectivity index (χ2v) is 7.27. The Morgan fingerprint density at radius 1 is 1.07 bits per heavy atom. The van der Waals surface area contributed by atoms with Crippen LogP contribution in [0.1, 0.15) is 21.5 Å². The van der Waals surface area contributed by atoms with Crippen LogP contribution in [0.3, 0.4) is 0 Å². The maximum Gasteiger partial charge on any atom is 0.255 e. The number of amides is 1. The average Bonchev–Trinajstić information content (AvgIpc) is 2.66. The minimum absolute atomic E-state index is 0. The molecule has 0 saturated carbocycles. The average molecular weight is 417 g/mol. The zero-order chi connectivity index (χ0) is 20.1. The number of carbonyl (C=O) groups excluding carboxylic acids is 1. The summed E-state index contributed by atoms with van der Waals surface area (Å²) < 4.78 is 0. The number of hydrogen-bond acceptors (Lipinski definition) is 4. The lowest BCUT2D eigenvalue weighted by molar-refractivity contribution is 0.102. The lowest BCUT2D eigenvalue weighted by Gasteiger charge is -2.32. The molecule has 0 radical (unpaired) electrons. The summed E-state index contributed by atoms with van der Waals surface area (Å²) in [6.45, 7) is 7.16. The highest BCUT2D eigenvalue weighted by atomic mass is 35.5. The van der Waals surface area contributed by atoms with Crippen molar-refractivity contribution in [2.75, 3.05) is 38.5 Å². The van der Waals surface area contributed by atoms with E-state index in [0.717, 1.165) is 38.3 Å². The molecule has 5 N–H and O–H groups in total. The smallest absolute Gasteiger partial charge is 0.255 e. The summed E-state index contributed by atoms with van der Waals surface area (Å²) in [6, 6.07) is 13.2. The van der Waals surface area contributed by atoms with E-state index < -0.39 is 0 Å². The van der Waals surface area contributed by atoms with E-state index in [1.54, 1.807) is 6.07 Å². The number of nitrogens with zero attached hydrogens (tertiary/aromatic N) is 3. The van der Waals surface area contributed by atoms with Gasteiger partial charge < -0.3 is 21.7 Å². The van der Waals surface area contributed by atoms with Gasteiger partial charge in [0.2, 0.25) is 0 Å². The molecule has 3 rings (SSSR count). The van der Waals surface area contributed by atoms with Crippen LogP contribution < -0.4 is 16.8 Å². The van der Waals surface area contributed by atoms with Crippen LogP contribution in [0.4, 0.5) is 11.4 Å². The first kappa shape index (κ1) is 22.7. The molecule has 0 atom stereocenters. The first-order valence-corrected chi connectivity index (χ1v) is 9.42. The number of aryl methyl sites for hydroxylation is 1. The molecular formula is C21H29ClN6O. The Kier molecular flexibility index (Phi) is 8.01. The number of anilines is 1. The number of aliphatic imine (C=N–C) groups is 1. The van der Waals surface area contributed by atoms with Crippen molar-refractivity contribution in [3.63, 3.8) is 0 Å². The predicted octanol–water partition coefficient (Wildman–Crippen LogP) is 2.32.